The summed E-state index contributed by atoms with van der Waals surface area (Å²) >= 11 is 12.6. The van der Waals surface area contributed by atoms with Crippen molar-refractivity contribution in [2.45, 2.75) is 25.3 Å². The van der Waals surface area contributed by atoms with Gasteiger partial charge in [0.05, 0.1) is 10.0 Å². The third kappa shape index (κ3) is 3.25. The minimum absolute atomic E-state index is 0.431. The highest BCUT2D eigenvalue weighted by Gasteiger charge is 2.31. The molecule has 2 aliphatic rings. The molecule has 19 heavy (non-hydrogen) atoms. The molecule has 0 unspecified atom stereocenters. The van der Waals surface area contributed by atoms with Crippen LogP contribution >= 0.6 is 23.2 Å². The van der Waals surface area contributed by atoms with E-state index in [1.807, 2.05) is 12.1 Å². The summed E-state index contributed by atoms with van der Waals surface area (Å²) < 4.78 is 0. The second-order valence-electron chi connectivity index (χ2n) is 5.62. The largest absolute Gasteiger partial charge is 0.314 e. The standard InChI is InChI=1S/C15H20Cl2N2/c16-13-3-1-2-12(15(13)17)14(10-11-4-5-11)19-8-6-18-7-9-19/h1-3,11,14,18H,4-10H2/t14-/m0/s1. The second kappa shape index (κ2) is 6.01. The molecule has 3 rings (SSSR count). The Morgan fingerprint density at radius 1 is 1.21 bits per heavy atom. The van der Waals surface area contributed by atoms with Gasteiger partial charge in [-0.3, -0.25) is 4.90 Å². The molecule has 1 aromatic rings. The molecule has 0 aromatic heterocycles. The van der Waals surface area contributed by atoms with Crippen LogP contribution in [-0.4, -0.2) is 31.1 Å². The van der Waals surface area contributed by atoms with Crippen molar-refractivity contribution < 1.29 is 0 Å². The van der Waals surface area contributed by atoms with Gasteiger partial charge in [-0.25, -0.2) is 0 Å². The van der Waals surface area contributed by atoms with Crippen LogP contribution in [0.15, 0.2) is 18.2 Å². The van der Waals surface area contributed by atoms with Crippen LogP contribution < -0.4 is 5.32 Å². The molecule has 2 fully saturated rings. The molecule has 1 saturated heterocycles. The molecule has 104 valence electrons. The molecule has 0 radical (unpaired) electrons. The molecule has 1 atom stereocenters. The van der Waals surface area contributed by atoms with E-state index in [0.717, 1.165) is 37.1 Å². The summed E-state index contributed by atoms with van der Waals surface area (Å²) in [6.07, 6.45) is 3.97. The topological polar surface area (TPSA) is 15.3 Å². The second-order valence-corrected chi connectivity index (χ2v) is 6.41. The van der Waals surface area contributed by atoms with Crippen LogP contribution in [0.5, 0.6) is 0 Å². The predicted octanol–water partition coefficient (Wildman–Crippen LogP) is 3.74. The molecule has 0 spiro atoms. The average Bonchev–Trinajstić information content (AvgIpc) is 3.25. The molecule has 1 aliphatic heterocycles. The van der Waals surface area contributed by atoms with Gasteiger partial charge >= 0.3 is 0 Å². The molecule has 1 aromatic carbocycles. The van der Waals surface area contributed by atoms with E-state index in [0.29, 0.717) is 11.1 Å². The van der Waals surface area contributed by atoms with E-state index in [9.17, 15) is 0 Å². The van der Waals surface area contributed by atoms with Crippen molar-refractivity contribution >= 4 is 23.2 Å². The zero-order valence-corrected chi connectivity index (χ0v) is 12.6. The maximum Gasteiger partial charge on any atom is 0.0640 e. The van der Waals surface area contributed by atoms with E-state index in [2.05, 4.69) is 16.3 Å². The predicted molar refractivity (Wildman–Crippen MR) is 81.0 cm³/mol. The third-order valence-electron chi connectivity index (χ3n) is 4.19. The van der Waals surface area contributed by atoms with Gasteiger partial charge in [-0.2, -0.15) is 0 Å². The third-order valence-corrected chi connectivity index (χ3v) is 5.02. The smallest absolute Gasteiger partial charge is 0.0640 e. The minimum Gasteiger partial charge on any atom is -0.314 e. The normalized spacial score (nSPS) is 22.4. The van der Waals surface area contributed by atoms with Crippen molar-refractivity contribution in [1.29, 1.82) is 0 Å². The number of hydrogen-bond donors (Lipinski definition) is 1. The molecular formula is C15H20Cl2N2. The van der Waals surface area contributed by atoms with Gasteiger partial charge in [-0.1, -0.05) is 48.2 Å². The monoisotopic (exact) mass is 298 g/mol. The van der Waals surface area contributed by atoms with Crippen LogP contribution in [0, 0.1) is 5.92 Å². The number of rotatable bonds is 4. The van der Waals surface area contributed by atoms with E-state index < -0.39 is 0 Å². The number of hydrogen-bond acceptors (Lipinski definition) is 2. The van der Waals surface area contributed by atoms with Crippen LogP contribution in [0.2, 0.25) is 10.0 Å². The van der Waals surface area contributed by atoms with Crippen LogP contribution in [0.25, 0.3) is 0 Å². The minimum atomic E-state index is 0.431. The van der Waals surface area contributed by atoms with Gasteiger partial charge < -0.3 is 5.32 Å². The van der Waals surface area contributed by atoms with E-state index in [1.54, 1.807) is 0 Å². The number of nitrogens with one attached hydrogen (secondary N) is 1. The van der Waals surface area contributed by atoms with Gasteiger partial charge in [0.15, 0.2) is 0 Å². The van der Waals surface area contributed by atoms with Gasteiger partial charge in [-0.05, 0) is 24.0 Å². The first kappa shape index (κ1) is 13.7. The highest BCUT2D eigenvalue weighted by Crippen LogP contribution is 2.42. The van der Waals surface area contributed by atoms with E-state index >= 15 is 0 Å². The molecule has 1 saturated carbocycles. The Kier molecular flexibility index (Phi) is 4.33. The molecular weight excluding hydrogens is 279 g/mol. The first-order chi connectivity index (χ1) is 9.25. The fraction of sp³-hybridized carbons (Fsp3) is 0.600. The van der Waals surface area contributed by atoms with Crippen LogP contribution in [-0.2, 0) is 0 Å². The maximum atomic E-state index is 6.44. The molecule has 0 amide bonds. The number of piperazine rings is 1. The summed E-state index contributed by atoms with van der Waals surface area (Å²) in [4.78, 5) is 2.56. The maximum absolute atomic E-state index is 6.44. The Bertz CT molecular complexity index is 440. The van der Waals surface area contributed by atoms with Gasteiger partial charge in [0.1, 0.15) is 0 Å². The number of nitrogens with zero attached hydrogens (tertiary/aromatic N) is 1. The summed E-state index contributed by atoms with van der Waals surface area (Å²) in [7, 11) is 0. The van der Waals surface area contributed by atoms with Crippen molar-refractivity contribution in [2.75, 3.05) is 26.2 Å². The van der Waals surface area contributed by atoms with Crippen LogP contribution in [0.3, 0.4) is 0 Å². The fourth-order valence-corrected chi connectivity index (χ4v) is 3.35. The zero-order valence-electron chi connectivity index (χ0n) is 11.0. The number of benzene rings is 1. The summed E-state index contributed by atoms with van der Waals surface area (Å²) in [5.74, 6) is 0.884. The van der Waals surface area contributed by atoms with Gasteiger partial charge in [-0.15, -0.1) is 0 Å². The first-order valence-corrected chi connectivity index (χ1v) is 7.90. The molecule has 2 nitrogen and oxygen atoms in total. The SMILES string of the molecule is Clc1cccc([C@H](CC2CC2)N2CCNCC2)c1Cl. The highest BCUT2D eigenvalue weighted by molar-refractivity contribution is 6.42. The van der Waals surface area contributed by atoms with Gasteiger partial charge in [0, 0.05) is 32.2 Å². The average molecular weight is 299 g/mol. The quantitative estimate of drug-likeness (QED) is 0.911. The van der Waals surface area contributed by atoms with Crippen molar-refractivity contribution in [2.24, 2.45) is 5.92 Å². The summed E-state index contributed by atoms with van der Waals surface area (Å²) in [6, 6.07) is 6.47. The van der Waals surface area contributed by atoms with Crippen molar-refractivity contribution in [3.05, 3.63) is 33.8 Å². The lowest BCUT2D eigenvalue weighted by atomic mass is 9.98. The Hall–Kier alpha value is -0.280. The summed E-state index contributed by atoms with van der Waals surface area (Å²) in [6.45, 7) is 4.33. The van der Waals surface area contributed by atoms with E-state index in [1.165, 1.54) is 24.8 Å². The number of halogens is 2. The summed E-state index contributed by atoms with van der Waals surface area (Å²) in [5.41, 5.74) is 1.21. The lowest BCUT2D eigenvalue weighted by Gasteiger charge is -2.36. The van der Waals surface area contributed by atoms with Crippen LogP contribution in [0.4, 0.5) is 0 Å². The molecule has 4 heteroatoms. The lowest BCUT2D eigenvalue weighted by Crippen LogP contribution is -2.45. The Balaban J connectivity index is 1.86. The molecule has 1 heterocycles. The first-order valence-electron chi connectivity index (χ1n) is 7.14. The van der Waals surface area contributed by atoms with Gasteiger partial charge in [0.25, 0.3) is 0 Å². The van der Waals surface area contributed by atoms with E-state index in [4.69, 9.17) is 23.2 Å². The Morgan fingerprint density at radius 3 is 2.63 bits per heavy atom. The summed E-state index contributed by atoms with van der Waals surface area (Å²) in [5, 5.41) is 4.84. The Morgan fingerprint density at radius 2 is 1.95 bits per heavy atom. The van der Waals surface area contributed by atoms with E-state index in [-0.39, 0.29) is 0 Å². The van der Waals surface area contributed by atoms with Crippen molar-refractivity contribution in [1.82, 2.24) is 10.2 Å². The lowest BCUT2D eigenvalue weighted by molar-refractivity contribution is 0.160. The highest BCUT2D eigenvalue weighted by atomic mass is 35.5. The fourth-order valence-electron chi connectivity index (χ4n) is 2.91. The van der Waals surface area contributed by atoms with Crippen molar-refractivity contribution in [3.8, 4) is 0 Å². The Labute approximate surface area is 125 Å². The van der Waals surface area contributed by atoms with Crippen LogP contribution in [0.1, 0.15) is 30.9 Å². The molecule has 1 aliphatic carbocycles. The molecule has 0 bridgehead atoms. The zero-order chi connectivity index (χ0) is 13.2. The van der Waals surface area contributed by atoms with Crippen molar-refractivity contribution in [3.63, 3.8) is 0 Å². The molecule has 1 N–H and O–H groups in total. The van der Waals surface area contributed by atoms with Gasteiger partial charge in [0.2, 0.25) is 0 Å².